The van der Waals surface area contributed by atoms with Crippen LogP contribution >= 0.6 is 11.3 Å². The van der Waals surface area contributed by atoms with E-state index in [2.05, 4.69) is 5.32 Å². The summed E-state index contributed by atoms with van der Waals surface area (Å²) in [5, 5.41) is 16.9. The molecule has 0 aliphatic heterocycles. The zero-order valence-electron chi connectivity index (χ0n) is 17.5. The lowest BCUT2D eigenvalue weighted by molar-refractivity contribution is -0.148. The van der Waals surface area contributed by atoms with E-state index >= 15 is 0 Å². The smallest absolute Gasteiger partial charge is 0.341 e. The number of nitrogens with one attached hydrogen (secondary N) is 1. The molecule has 32 heavy (non-hydrogen) atoms. The second kappa shape index (κ2) is 8.06. The molecule has 7 heteroatoms. The molecule has 4 atom stereocenters. The third-order valence-electron chi connectivity index (χ3n) is 6.98. The molecule has 1 heterocycles. The number of amides is 1. The van der Waals surface area contributed by atoms with Crippen molar-refractivity contribution in [2.75, 3.05) is 12.4 Å². The minimum absolute atomic E-state index is 0.0600. The number of benzene rings is 2. The zero-order valence-corrected chi connectivity index (χ0v) is 18.4. The van der Waals surface area contributed by atoms with Crippen LogP contribution in [0, 0.1) is 23.7 Å². The molecule has 0 saturated heterocycles. The molecular weight excluding hydrogens is 426 g/mol. The largest absolute Gasteiger partial charge is 0.481 e. The van der Waals surface area contributed by atoms with Crippen molar-refractivity contribution in [3.63, 3.8) is 0 Å². The van der Waals surface area contributed by atoms with E-state index in [9.17, 15) is 19.5 Å². The molecule has 6 nitrogen and oxygen atoms in total. The van der Waals surface area contributed by atoms with Gasteiger partial charge in [0.2, 0.25) is 5.91 Å². The molecular formula is C25H23NO5S. The zero-order chi connectivity index (χ0) is 22.4. The number of carboxylic acid groups (broad SMARTS) is 1. The lowest BCUT2D eigenvalue weighted by Crippen LogP contribution is -2.37. The number of hydrogen-bond donors (Lipinski definition) is 2. The van der Waals surface area contributed by atoms with Gasteiger partial charge in [0.15, 0.2) is 0 Å². The molecule has 1 amide bonds. The number of carboxylic acids is 1. The number of rotatable bonds is 5. The molecule has 2 N–H and O–H groups in total. The molecule has 2 bridgehead atoms. The Labute approximate surface area is 189 Å². The number of aliphatic carboxylic acids is 1. The summed E-state index contributed by atoms with van der Waals surface area (Å²) in [6.07, 6.45) is 2.53. The highest BCUT2D eigenvalue weighted by atomic mass is 32.1. The summed E-state index contributed by atoms with van der Waals surface area (Å²) in [7, 11) is 1.31. The predicted molar refractivity (Wildman–Crippen MR) is 123 cm³/mol. The highest BCUT2D eigenvalue weighted by molar-refractivity contribution is 7.15. The van der Waals surface area contributed by atoms with Gasteiger partial charge in [0.1, 0.15) is 10.6 Å². The first-order valence-electron chi connectivity index (χ1n) is 10.7. The Morgan fingerprint density at radius 3 is 2.47 bits per heavy atom. The Morgan fingerprint density at radius 1 is 1.03 bits per heavy atom. The molecule has 0 radical (unpaired) electrons. The van der Waals surface area contributed by atoms with Crippen LogP contribution in [0.15, 0.2) is 47.8 Å². The van der Waals surface area contributed by atoms with Gasteiger partial charge >= 0.3 is 11.9 Å². The van der Waals surface area contributed by atoms with Gasteiger partial charge in [0.05, 0.1) is 18.9 Å². The van der Waals surface area contributed by atoms with Crippen LogP contribution in [0.4, 0.5) is 5.00 Å². The van der Waals surface area contributed by atoms with E-state index in [0.717, 1.165) is 35.6 Å². The molecule has 0 spiro atoms. The Balaban J connectivity index is 1.49. The Bertz CT molecular complexity index is 1230. The van der Waals surface area contributed by atoms with Crippen LogP contribution in [0.3, 0.4) is 0 Å². The maximum atomic E-state index is 13.2. The molecule has 5 rings (SSSR count). The third-order valence-corrected chi connectivity index (χ3v) is 7.88. The standard InChI is InChI=1S/C25H23NO5S/c1-31-25(30)21-18(15-7-6-13-4-2-3-5-14(13)10-15)12-32-23(21)26-22(27)19-16-8-9-17(11-16)20(19)24(28)29/h2-7,10,12,16-17,19-20H,8-9,11H2,1H3,(H,26,27)(H,28,29)/t16-,17+,19+,20+/m1/s1. The van der Waals surface area contributed by atoms with Gasteiger partial charge in [0, 0.05) is 10.9 Å². The number of carbonyl (C=O) groups excluding carboxylic acids is 2. The van der Waals surface area contributed by atoms with Crippen molar-refractivity contribution in [3.05, 3.63) is 53.4 Å². The fourth-order valence-corrected chi connectivity index (χ4v) is 6.50. The molecule has 2 aliphatic rings. The van der Waals surface area contributed by atoms with Crippen LogP contribution in [0.5, 0.6) is 0 Å². The Hall–Kier alpha value is -3.19. The number of thiophene rings is 1. The van der Waals surface area contributed by atoms with Gasteiger partial charge in [-0.1, -0.05) is 36.4 Å². The van der Waals surface area contributed by atoms with Gasteiger partial charge in [-0.2, -0.15) is 0 Å². The summed E-state index contributed by atoms with van der Waals surface area (Å²) in [6, 6.07) is 13.9. The summed E-state index contributed by atoms with van der Waals surface area (Å²) in [6.45, 7) is 0. The van der Waals surface area contributed by atoms with Crippen LogP contribution in [0.1, 0.15) is 29.6 Å². The minimum atomic E-state index is -0.909. The number of carbonyl (C=O) groups is 3. The van der Waals surface area contributed by atoms with Crippen molar-refractivity contribution in [3.8, 4) is 11.1 Å². The summed E-state index contributed by atoms with van der Waals surface area (Å²) < 4.78 is 5.02. The number of ether oxygens (including phenoxy) is 1. The first-order chi connectivity index (χ1) is 15.5. The fourth-order valence-electron chi connectivity index (χ4n) is 5.54. The average Bonchev–Trinajstić information content (AvgIpc) is 3.52. The van der Waals surface area contributed by atoms with E-state index in [-0.39, 0.29) is 17.7 Å². The highest BCUT2D eigenvalue weighted by Crippen LogP contribution is 2.53. The van der Waals surface area contributed by atoms with E-state index in [0.29, 0.717) is 16.1 Å². The van der Waals surface area contributed by atoms with Gasteiger partial charge in [-0.05, 0) is 53.5 Å². The Kier molecular flexibility index (Phi) is 5.21. The maximum Gasteiger partial charge on any atom is 0.341 e. The first-order valence-corrected chi connectivity index (χ1v) is 11.6. The monoisotopic (exact) mass is 449 g/mol. The van der Waals surface area contributed by atoms with Crippen LogP contribution in [-0.2, 0) is 14.3 Å². The number of fused-ring (bicyclic) bond motifs is 3. The number of anilines is 1. The SMILES string of the molecule is COC(=O)c1c(-c2ccc3ccccc3c2)csc1NC(=O)[C@H]1[C@@H]2CC[C@@H](C2)[C@@H]1C(=O)O. The van der Waals surface area contributed by atoms with Crippen molar-refractivity contribution in [1.29, 1.82) is 0 Å². The molecule has 164 valence electrons. The van der Waals surface area contributed by atoms with Crippen LogP contribution < -0.4 is 5.32 Å². The van der Waals surface area contributed by atoms with Crippen molar-refractivity contribution in [1.82, 2.24) is 0 Å². The van der Waals surface area contributed by atoms with Crippen molar-refractivity contribution in [2.24, 2.45) is 23.7 Å². The number of hydrogen-bond acceptors (Lipinski definition) is 5. The van der Waals surface area contributed by atoms with Gasteiger partial charge in [-0.15, -0.1) is 11.3 Å². The van der Waals surface area contributed by atoms with Crippen LogP contribution in [0.2, 0.25) is 0 Å². The molecule has 1 aromatic heterocycles. The summed E-state index contributed by atoms with van der Waals surface area (Å²) in [4.78, 5) is 37.7. The maximum absolute atomic E-state index is 13.2. The Morgan fingerprint density at radius 2 is 1.75 bits per heavy atom. The number of methoxy groups -OCH3 is 1. The lowest BCUT2D eigenvalue weighted by atomic mass is 9.78. The van der Waals surface area contributed by atoms with Gasteiger partial charge in [-0.3, -0.25) is 9.59 Å². The van der Waals surface area contributed by atoms with Gasteiger partial charge in [0.25, 0.3) is 0 Å². The molecule has 3 aromatic rings. The molecule has 0 unspecified atom stereocenters. The van der Waals surface area contributed by atoms with Crippen LogP contribution in [-0.4, -0.2) is 30.1 Å². The van der Waals surface area contributed by atoms with E-state index in [1.54, 1.807) is 0 Å². The van der Waals surface area contributed by atoms with E-state index < -0.39 is 23.8 Å². The minimum Gasteiger partial charge on any atom is -0.481 e. The van der Waals surface area contributed by atoms with Crippen molar-refractivity contribution < 1.29 is 24.2 Å². The molecule has 2 fully saturated rings. The molecule has 2 saturated carbocycles. The first kappa shape index (κ1) is 20.7. The van der Waals surface area contributed by atoms with E-state index in [4.69, 9.17) is 4.74 Å². The second-order valence-electron chi connectivity index (χ2n) is 8.62. The molecule has 2 aromatic carbocycles. The van der Waals surface area contributed by atoms with Crippen LogP contribution in [0.25, 0.3) is 21.9 Å². The van der Waals surface area contributed by atoms with Gasteiger partial charge < -0.3 is 15.2 Å². The second-order valence-corrected chi connectivity index (χ2v) is 9.50. The average molecular weight is 450 g/mol. The number of esters is 1. The topological polar surface area (TPSA) is 92.7 Å². The van der Waals surface area contributed by atoms with E-state index in [1.165, 1.54) is 18.4 Å². The summed E-state index contributed by atoms with van der Waals surface area (Å²) in [5.74, 6) is -2.84. The third kappa shape index (κ3) is 3.37. The normalized spacial score (nSPS) is 23.9. The summed E-state index contributed by atoms with van der Waals surface area (Å²) in [5.41, 5.74) is 1.84. The predicted octanol–water partition coefficient (Wildman–Crippen LogP) is 5.04. The fraction of sp³-hybridized carbons (Fsp3) is 0.320. The van der Waals surface area contributed by atoms with Crippen molar-refractivity contribution >= 4 is 45.0 Å². The highest BCUT2D eigenvalue weighted by Gasteiger charge is 2.54. The molecule has 2 aliphatic carbocycles. The van der Waals surface area contributed by atoms with E-state index in [1.807, 2.05) is 47.8 Å². The van der Waals surface area contributed by atoms with Crippen molar-refractivity contribution in [2.45, 2.75) is 19.3 Å². The lowest BCUT2D eigenvalue weighted by Gasteiger charge is -2.26. The quantitative estimate of drug-likeness (QED) is 0.533. The van der Waals surface area contributed by atoms with Gasteiger partial charge in [-0.25, -0.2) is 4.79 Å². The summed E-state index contributed by atoms with van der Waals surface area (Å²) >= 11 is 1.26.